The first kappa shape index (κ1) is 23.2. The highest BCUT2D eigenvalue weighted by molar-refractivity contribution is 9.10. The van der Waals surface area contributed by atoms with E-state index in [4.69, 9.17) is 4.74 Å². The summed E-state index contributed by atoms with van der Waals surface area (Å²) in [6.45, 7) is 9.60. The van der Waals surface area contributed by atoms with E-state index in [2.05, 4.69) is 99.5 Å². The molecule has 0 unspecified atom stereocenters. The number of likely N-dealkylation sites (tertiary alicyclic amines) is 1. The van der Waals surface area contributed by atoms with Gasteiger partial charge in [0.05, 0.1) is 12.8 Å². The number of para-hydroxylation sites is 1. The highest BCUT2D eigenvalue weighted by Crippen LogP contribution is 2.29. The number of hydrogen-bond donors (Lipinski definition) is 1. The predicted molar refractivity (Wildman–Crippen MR) is 137 cm³/mol. The van der Waals surface area contributed by atoms with E-state index in [1.807, 2.05) is 0 Å². The second kappa shape index (κ2) is 11.2. The van der Waals surface area contributed by atoms with Crippen LogP contribution in [0.5, 0.6) is 5.75 Å². The molecule has 1 N–H and O–H groups in total. The summed E-state index contributed by atoms with van der Waals surface area (Å²) in [6.07, 6.45) is 7.36. The van der Waals surface area contributed by atoms with Gasteiger partial charge in [0.25, 0.3) is 0 Å². The first-order chi connectivity index (χ1) is 15.6. The fourth-order valence-corrected chi connectivity index (χ4v) is 5.05. The van der Waals surface area contributed by atoms with Gasteiger partial charge in [0.2, 0.25) is 0 Å². The van der Waals surface area contributed by atoms with Crippen molar-refractivity contribution < 1.29 is 4.74 Å². The van der Waals surface area contributed by atoms with Crippen molar-refractivity contribution in [3.05, 3.63) is 70.3 Å². The van der Waals surface area contributed by atoms with Gasteiger partial charge in [-0.3, -0.25) is 0 Å². The average Bonchev–Trinajstić information content (AvgIpc) is 2.81. The molecule has 5 heteroatoms. The van der Waals surface area contributed by atoms with Crippen LogP contribution in [0.2, 0.25) is 0 Å². The lowest BCUT2D eigenvalue weighted by Gasteiger charge is -2.34. The SMILES string of the molecule is CC(C)Oc1ccc(Br)c(CC2CCN(CCC3=CCN(c4ccccc4)CN3)CC2)c1. The Balaban J connectivity index is 1.20. The largest absolute Gasteiger partial charge is 0.491 e. The van der Waals surface area contributed by atoms with Gasteiger partial charge in [-0.15, -0.1) is 0 Å². The van der Waals surface area contributed by atoms with Crippen molar-refractivity contribution in [3.63, 3.8) is 0 Å². The number of rotatable bonds is 8. The predicted octanol–water partition coefficient (Wildman–Crippen LogP) is 5.83. The normalized spacial score (nSPS) is 17.9. The summed E-state index contributed by atoms with van der Waals surface area (Å²) in [5.41, 5.74) is 4.05. The first-order valence-corrected chi connectivity index (χ1v) is 12.8. The number of nitrogens with zero attached hydrogens (tertiary/aromatic N) is 2. The monoisotopic (exact) mass is 497 g/mol. The Labute approximate surface area is 201 Å². The van der Waals surface area contributed by atoms with Crippen LogP contribution in [0, 0.1) is 5.92 Å². The van der Waals surface area contributed by atoms with E-state index in [1.165, 1.54) is 47.4 Å². The number of ether oxygens (including phenoxy) is 1. The summed E-state index contributed by atoms with van der Waals surface area (Å²) < 4.78 is 7.10. The standard InChI is InChI=1S/C27H36BrN3O/c1-21(2)32-26-8-9-27(28)23(19-26)18-22-10-14-30(15-11-22)16-12-24-13-17-31(20-29-24)25-6-4-3-5-7-25/h3-9,13,19,21-22,29H,10-12,14-18,20H2,1-2H3. The molecular weight excluding hydrogens is 462 g/mol. The minimum Gasteiger partial charge on any atom is -0.491 e. The van der Waals surface area contributed by atoms with Crippen LogP contribution in [0.3, 0.4) is 0 Å². The molecule has 0 aromatic heterocycles. The van der Waals surface area contributed by atoms with Gasteiger partial charge in [-0.1, -0.05) is 34.1 Å². The minimum absolute atomic E-state index is 0.211. The van der Waals surface area contributed by atoms with Crippen molar-refractivity contribution in [3.8, 4) is 5.75 Å². The van der Waals surface area contributed by atoms with Crippen LogP contribution >= 0.6 is 15.9 Å². The Morgan fingerprint density at radius 1 is 1.09 bits per heavy atom. The van der Waals surface area contributed by atoms with Crippen LogP contribution in [0.15, 0.2) is 64.8 Å². The molecule has 0 amide bonds. The molecule has 2 aromatic carbocycles. The second-order valence-electron chi connectivity index (χ2n) is 9.28. The summed E-state index contributed by atoms with van der Waals surface area (Å²) in [5, 5.41) is 3.62. The lowest BCUT2D eigenvalue weighted by Crippen LogP contribution is -2.40. The quantitative estimate of drug-likeness (QED) is 0.496. The second-order valence-corrected chi connectivity index (χ2v) is 10.1. The molecule has 1 saturated heterocycles. The molecule has 172 valence electrons. The molecule has 0 saturated carbocycles. The van der Waals surface area contributed by atoms with Crippen molar-refractivity contribution in [2.24, 2.45) is 5.92 Å². The van der Waals surface area contributed by atoms with Crippen LogP contribution in [0.4, 0.5) is 5.69 Å². The van der Waals surface area contributed by atoms with E-state index in [0.29, 0.717) is 0 Å². The van der Waals surface area contributed by atoms with Gasteiger partial charge >= 0.3 is 0 Å². The van der Waals surface area contributed by atoms with Crippen molar-refractivity contribution >= 4 is 21.6 Å². The third kappa shape index (κ3) is 6.52. The topological polar surface area (TPSA) is 27.7 Å². The van der Waals surface area contributed by atoms with Crippen LogP contribution < -0.4 is 15.0 Å². The zero-order valence-corrected chi connectivity index (χ0v) is 21.0. The molecule has 2 aromatic rings. The summed E-state index contributed by atoms with van der Waals surface area (Å²) >= 11 is 3.74. The lowest BCUT2D eigenvalue weighted by molar-refractivity contribution is 0.184. The maximum Gasteiger partial charge on any atom is 0.120 e. The minimum atomic E-state index is 0.211. The van der Waals surface area contributed by atoms with Gasteiger partial charge in [-0.2, -0.15) is 0 Å². The number of anilines is 1. The Morgan fingerprint density at radius 2 is 1.88 bits per heavy atom. The highest BCUT2D eigenvalue weighted by atomic mass is 79.9. The van der Waals surface area contributed by atoms with E-state index < -0.39 is 0 Å². The molecule has 4 rings (SSSR count). The number of benzene rings is 2. The van der Waals surface area contributed by atoms with Crippen LogP contribution in [-0.2, 0) is 6.42 Å². The maximum absolute atomic E-state index is 5.89. The van der Waals surface area contributed by atoms with E-state index in [9.17, 15) is 0 Å². The van der Waals surface area contributed by atoms with Crippen LogP contribution in [0.1, 0.15) is 38.7 Å². The Hall–Kier alpha value is -1.98. The summed E-state index contributed by atoms with van der Waals surface area (Å²) in [4.78, 5) is 5.00. The Kier molecular flexibility index (Phi) is 8.15. The first-order valence-electron chi connectivity index (χ1n) is 12.0. The van der Waals surface area contributed by atoms with E-state index >= 15 is 0 Å². The number of hydrogen-bond acceptors (Lipinski definition) is 4. The van der Waals surface area contributed by atoms with Crippen molar-refractivity contribution in [1.82, 2.24) is 10.2 Å². The molecule has 32 heavy (non-hydrogen) atoms. The third-order valence-electron chi connectivity index (χ3n) is 6.48. The number of nitrogens with one attached hydrogen (secondary N) is 1. The molecule has 0 atom stereocenters. The fourth-order valence-electron chi connectivity index (χ4n) is 4.64. The van der Waals surface area contributed by atoms with Gasteiger partial charge in [0.15, 0.2) is 0 Å². The molecule has 4 nitrogen and oxygen atoms in total. The average molecular weight is 499 g/mol. The van der Waals surface area contributed by atoms with Crippen LogP contribution in [0.25, 0.3) is 0 Å². The van der Waals surface area contributed by atoms with Crippen LogP contribution in [-0.4, -0.2) is 43.9 Å². The molecule has 0 radical (unpaired) electrons. The molecule has 2 aliphatic rings. The molecule has 1 fully saturated rings. The molecule has 0 aliphatic carbocycles. The van der Waals surface area contributed by atoms with Gasteiger partial charge in [-0.25, -0.2) is 0 Å². The van der Waals surface area contributed by atoms with Gasteiger partial charge in [0, 0.05) is 28.9 Å². The van der Waals surface area contributed by atoms with Gasteiger partial charge in [0.1, 0.15) is 5.75 Å². The number of piperidine rings is 1. The summed E-state index contributed by atoms with van der Waals surface area (Å²) in [5.74, 6) is 1.73. The van der Waals surface area contributed by atoms with Crippen molar-refractivity contribution in [2.75, 3.05) is 37.7 Å². The van der Waals surface area contributed by atoms with Gasteiger partial charge in [-0.05, 0) is 101 Å². The lowest BCUT2D eigenvalue weighted by atomic mass is 9.90. The van der Waals surface area contributed by atoms with E-state index in [1.54, 1.807) is 0 Å². The molecule has 2 heterocycles. The molecule has 0 spiro atoms. The Bertz CT molecular complexity index is 891. The summed E-state index contributed by atoms with van der Waals surface area (Å²) in [7, 11) is 0. The van der Waals surface area contributed by atoms with Crippen molar-refractivity contribution in [2.45, 2.75) is 45.6 Å². The number of halogens is 1. The Morgan fingerprint density at radius 3 is 2.56 bits per heavy atom. The fraction of sp³-hybridized carbons (Fsp3) is 0.481. The van der Waals surface area contributed by atoms with Gasteiger partial charge < -0.3 is 19.9 Å². The smallest absolute Gasteiger partial charge is 0.120 e. The summed E-state index contributed by atoms with van der Waals surface area (Å²) in [6, 6.07) is 17.0. The molecule has 2 aliphatic heterocycles. The highest BCUT2D eigenvalue weighted by Gasteiger charge is 2.21. The molecular formula is C27H36BrN3O. The van der Waals surface area contributed by atoms with E-state index in [-0.39, 0.29) is 6.10 Å². The maximum atomic E-state index is 5.89. The van der Waals surface area contributed by atoms with E-state index in [0.717, 1.165) is 44.3 Å². The zero-order chi connectivity index (χ0) is 22.3. The zero-order valence-electron chi connectivity index (χ0n) is 19.4. The molecule has 0 bridgehead atoms. The van der Waals surface area contributed by atoms with Crippen molar-refractivity contribution in [1.29, 1.82) is 0 Å². The third-order valence-corrected chi connectivity index (χ3v) is 7.25.